The number of hydrogen-bond acceptors (Lipinski definition) is 3. The molecule has 0 atom stereocenters. The quantitative estimate of drug-likeness (QED) is 0.602. The van der Waals surface area contributed by atoms with Crippen LogP contribution in [0.5, 0.6) is 0 Å². The summed E-state index contributed by atoms with van der Waals surface area (Å²) in [6.45, 7) is 3.33. The van der Waals surface area contributed by atoms with Gasteiger partial charge in [0.15, 0.2) is 0 Å². The molecule has 0 aliphatic carbocycles. The Morgan fingerprint density at radius 1 is 0.933 bits per heavy atom. The summed E-state index contributed by atoms with van der Waals surface area (Å²) in [7, 11) is 0. The van der Waals surface area contributed by atoms with Gasteiger partial charge in [-0.2, -0.15) is 4.59 Å². The number of quaternary nitrogens is 1. The van der Waals surface area contributed by atoms with Crippen molar-refractivity contribution in [1.29, 1.82) is 0 Å². The van der Waals surface area contributed by atoms with Crippen molar-refractivity contribution < 1.29 is 14.5 Å². The summed E-state index contributed by atoms with van der Waals surface area (Å²) in [4.78, 5) is 11.4. The minimum absolute atomic E-state index is 0.111. The van der Waals surface area contributed by atoms with Gasteiger partial charge in [-0.1, -0.05) is 6.42 Å². The third-order valence-electron chi connectivity index (χ3n) is 3.77. The Bertz CT molecular complexity index is 231. The monoisotopic (exact) mass is 212 g/mol. The summed E-state index contributed by atoms with van der Waals surface area (Å²) in [5.74, 6) is 0. The van der Waals surface area contributed by atoms with Gasteiger partial charge in [0.05, 0.1) is 0 Å². The van der Waals surface area contributed by atoms with Gasteiger partial charge in [0.1, 0.15) is 13.1 Å². The van der Waals surface area contributed by atoms with Crippen LogP contribution in [0.4, 0.5) is 4.79 Å². The molecule has 0 N–H and O–H groups in total. The fourth-order valence-electron chi connectivity index (χ4n) is 2.88. The largest absolute Gasteiger partial charge is 0.497 e. The van der Waals surface area contributed by atoms with Crippen LogP contribution < -0.4 is 5.11 Å². The highest BCUT2D eigenvalue weighted by atomic mass is 16.4. The minimum atomic E-state index is -0.892. The highest BCUT2D eigenvalue weighted by molar-refractivity contribution is 5.53. The van der Waals surface area contributed by atoms with E-state index in [0.717, 1.165) is 51.9 Å². The number of carboxylic acid groups (broad SMARTS) is 1. The average Bonchev–Trinajstić information content (AvgIpc) is 2.31. The Balaban J connectivity index is 2.12. The molecule has 2 aliphatic rings. The summed E-state index contributed by atoms with van der Waals surface area (Å²) in [5.41, 5.74) is 0. The molecule has 0 aromatic carbocycles. The first-order valence-corrected chi connectivity index (χ1v) is 6.10. The number of rotatable bonds is 1. The summed E-state index contributed by atoms with van der Waals surface area (Å²) in [6, 6.07) is 0. The van der Waals surface area contributed by atoms with Crippen molar-refractivity contribution in [3.63, 3.8) is 0 Å². The molecular weight excluding hydrogens is 192 g/mol. The van der Waals surface area contributed by atoms with E-state index in [4.69, 9.17) is 0 Å². The predicted octanol–water partition coefficient (Wildman–Crippen LogP) is 0.731. The van der Waals surface area contributed by atoms with Crippen LogP contribution in [-0.2, 0) is 0 Å². The van der Waals surface area contributed by atoms with Crippen LogP contribution in [-0.4, -0.2) is 41.9 Å². The fraction of sp³-hybridized carbons (Fsp3) is 0.909. The zero-order valence-electron chi connectivity index (χ0n) is 9.28. The molecule has 0 radical (unpaired) electrons. The van der Waals surface area contributed by atoms with Crippen LogP contribution in [0.25, 0.3) is 0 Å². The average molecular weight is 212 g/mol. The lowest BCUT2D eigenvalue weighted by Crippen LogP contribution is -2.70. The first-order chi connectivity index (χ1) is 7.26. The molecule has 15 heavy (non-hydrogen) atoms. The number of nitrogens with zero attached hydrogens (tertiary/aromatic N) is 2. The van der Waals surface area contributed by atoms with Gasteiger partial charge in [0, 0.05) is 13.1 Å². The maximum Gasteiger partial charge on any atom is 0.278 e. The lowest BCUT2D eigenvalue weighted by molar-refractivity contribution is -0.989. The van der Waals surface area contributed by atoms with Crippen LogP contribution >= 0.6 is 0 Å². The zero-order chi connectivity index (χ0) is 10.7. The second-order valence-electron chi connectivity index (χ2n) is 4.71. The minimum Gasteiger partial charge on any atom is -0.497 e. The van der Waals surface area contributed by atoms with Crippen molar-refractivity contribution in [3.8, 4) is 0 Å². The molecule has 1 amide bonds. The Hall–Kier alpha value is -0.610. The molecule has 2 rings (SSSR count). The van der Waals surface area contributed by atoms with Gasteiger partial charge in [-0.05, 0) is 32.1 Å². The summed E-state index contributed by atoms with van der Waals surface area (Å²) >= 11 is 0. The second kappa shape index (κ2) is 4.49. The summed E-state index contributed by atoms with van der Waals surface area (Å²) < 4.78 is 0.111. The number of piperidine rings is 2. The lowest BCUT2D eigenvalue weighted by Gasteiger charge is -2.48. The topological polar surface area (TPSA) is 43.4 Å². The fourth-order valence-corrected chi connectivity index (χ4v) is 2.88. The molecule has 2 heterocycles. The molecule has 0 aromatic heterocycles. The van der Waals surface area contributed by atoms with E-state index in [1.165, 1.54) is 12.8 Å². The molecule has 0 spiro atoms. The lowest BCUT2D eigenvalue weighted by atomic mass is 10.1. The number of likely N-dealkylation sites (tertiary alicyclic amines) is 1. The number of carbonyl (C=O) groups excluding carboxylic acids is 1. The highest BCUT2D eigenvalue weighted by Crippen LogP contribution is 2.25. The first kappa shape index (κ1) is 10.9. The van der Waals surface area contributed by atoms with Crippen LogP contribution in [0.3, 0.4) is 0 Å². The van der Waals surface area contributed by atoms with Crippen molar-refractivity contribution in [2.75, 3.05) is 26.2 Å². The van der Waals surface area contributed by atoms with Crippen molar-refractivity contribution >= 4 is 6.09 Å². The highest BCUT2D eigenvalue weighted by Gasteiger charge is 2.39. The molecule has 2 aliphatic heterocycles. The number of amides is 1. The van der Waals surface area contributed by atoms with Gasteiger partial charge in [-0.3, -0.25) is 0 Å². The van der Waals surface area contributed by atoms with E-state index in [1.54, 1.807) is 0 Å². The molecule has 86 valence electrons. The molecule has 4 nitrogen and oxygen atoms in total. The Labute approximate surface area is 91.0 Å². The van der Waals surface area contributed by atoms with Crippen molar-refractivity contribution in [3.05, 3.63) is 0 Å². The number of carbonyl (C=O) groups is 1. The van der Waals surface area contributed by atoms with Crippen molar-refractivity contribution in [1.82, 2.24) is 5.01 Å². The standard InChI is InChI=1S/C11H20N2O2/c14-11(15)13(9-5-2-6-10-13)12-7-3-1-4-8-12/h1-10H2. The van der Waals surface area contributed by atoms with E-state index in [0.29, 0.717) is 0 Å². The zero-order valence-corrected chi connectivity index (χ0v) is 9.28. The smallest absolute Gasteiger partial charge is 0.278 e. The molecular formula is C11H20N2O2. The van der Waals surface area contributed by atoms with E-state index in [-0.39, 0.29) is 4.59 Å². The third kappa shape index (κ3) is 2.01. The van der Waals surface area contributed by atoms with Gasteiger partial charge < -0.3 is 9.90 Å². The van der Waals surface area contributed by atoms with E-state index < -0.39 is 6.09 Å². The van der Waals surface area contributed by atoms with Crippen LogP contribution in [0.15, 0.2) is 0 Å². The van der Waals surface area contributed by atoms with Gasteiger partial charge in [-0.25, -0.2) is 0 Å². The van der Waals surface area contributed by atoms with Gasteiger partial charge >= 0.3 is 0 Å². The SMILES string of the molecule is O=C([O-])[N+]1(N2CCCCC2)CCCCC1. The van der Waals surface area contributed by atoms with Crippen molar-refractivity contribution in [2.24, 2.45) is 0 Å². The van der Waals surface area contributed by atoms with Gasteiger partial charge in [-0.15, -0.1) is 5.01 Å². The van der Waals surface area contributed by atoms with Crippen LogP contribution in [0, 0.1) is 0 Å². The van der Waals surface area contributed by atoms with Crippen LogP contribution in [0.2, 0.25) is 0 Å². The predicted molar refractivity (Wildman–Crippen MR) is 54.7 cm³/mol. The Kier molecular flexibility index (Phi) is 3.26. The maximum atomic E-state index is 11.4. The van der Waals surface area contributed by atoms with Gasteiger partial charge in [0.2, 0.25) is 0 Å². The normalized spacial score (nSPS) is 27.5. The number of hydrogen-bond donors (Lipinski definition) is 0. The maximum absolute atomic E-state index is 11.4. The van der Waals surface area contributed by atoms with E-state index in [2.05, 4.69) is 5.01 Å². The van der Waals surface area contributed by atoms with Crippen LogP contribution in [0.1, 0.15) is 38.5 Å². The molecule has 4 heteroatoms. The second-order valence-corrected chi connectivity index (χ2v) is 4.71. The summed E-state index contributed by atoms with van der Waals surface area (Å²) in [5, 5.41) is 13.5. The molecule has 0 saturated carbocycles. The van der Waals surface area contributed by atoms with E-state index >= 15 is 0 Å². The summed E-state index contributed by atoms with van der Waals surface area (Å²) in [6.07, 6.45) is 5.82. The Morgan fingerprint density at radius 3 is 2.00 bits per heavy atom. The molecule has 2 saturated heterocycles. The molecule has 2 fully saturated rings. The third-order valence-corrected chi connectivity index (χ3v) is 3.77. The van der Waals surface area contributed by atoms with Gasteiger partial charge in [0.25, 0.3) is 6.09 Å². The molecule has 0 unspecified atom stereocenters. The van der Waals surface area contributed by atoms with E-state index in [1.807, 2.05) is 0 Å². The molecule has 0 aromatic rings. The molecule has 0 bridgehead atoms. The van der Waals surface area contributed by atoms with E-state index in [9.17, 15) is 9.90 Å². The first-order valence-electron chi connectivity index (χ1n) is 6.10. The van der Waals surface area contributed by atoms with Crippen molar-refractivity contribution in [2.45, 2.75) is 38.5 Å². The Morgan fingerprint density at radius 2 is 1.47 bits per heavy atom.